The average Bonchev–Trinajstić information content (AvgIpc) is 3.31. The SMILES string of the molecule is COc1ccc(-n2c(N(C)C)nc3cc(C(=O)NCc4ccc(F)cc4)sc32)cc1. The number of aromatic nitrogens is 2. The third kappa shape index (κ3) is 3.86. The summed E-state index contributed by atoms with van der Waals surface area (Å²) >= 11 is 1.38. The number of rotatable bonds is 6. The van der Waals surface area contributed by atoms with E-state index in [1.165, 1.54) is 23.5 Å². The van der Waals surface area contributed by atoms with Gasteiger partial charge in [0, 0.05) is 20.6 Å². The Kier molecular flexibility index (Phi) is 5.41. The molecule has 0 saturated heterocycles. The Morgan fingerprint density at radius 1 is 1.17 bits per heavy atom. The molecule has 1 N–H and O–H groups in total. The van der Waals surface area contributed by atoms with E-state index in [0.29, 0.717) is 11.4 Å². The number of hydrogen-bond acceptors (Lipinski definition) is 5. The minimum absolute atomic E-state index is 0.185. The van der Waals surface area contributed by atoms with Crippen LogP contribution in [0.5, 0.6) is 5.75 Å². The number of amides is 1. The number of carbonyl (C=O) groups is 1. The first-order chi connectivity index (χ1) is 14.5. The minimum atomic E-state index is -0.298. The zero-order valence-corrected chi connectivity index (χ0v) is 17.7. The second-order valence-electron chi connectivity index (χ2n) is 6.95. The first kappa shape index (κ1) is 19.9. The van der Waals surface area contributed by atoms with Crippen LogP contribution in [0.2, 0.25) is 0 Å². The van der Waals surface area contributed by atoms with Crippen molar-refractivity contribution in [3.8, 4) is 11.4 Å². The summed E-state index contributed by atoms with van der Waals surface area (Å²) in [6.07, 6.45) is 0. The van der Waals surface area contributed by atoms with Crippen LogP contribution in [-0.2, 0) is 6.54 Å². The monoisotopic (exact) mass is 424 g/mol. The summed E-state index contributed by atoms with van der Waals surface area (Å²) in [4.78, 5) is 20.8. The fourth-order valence-corrected chi connectivity index (χ4v) is 4.14. The van der Waals surface area contributed by atoms with Crippen molar-refractivity contribution in [2.45, 2.75) is 6.54 Å². The number of imidazole rings is 1. The fraction of sp³-hybridized carbons (Fsp3) is 0.182. The van der Waals surface area contributed by atoms with Crippen molar-refractivity contribution in [1.82, 2.24) is 14.9 Å². The van der Waals surface area contributed by atoms with Gasteiger partial charge in [0.1, 0.15) is 21.9 Å². The summed E-state index contributed by atoms with van der Waals surface area (Å²) in [6.45, 7) is 0.329. The number of methoxy groups -OCH3 is 1. The normalized spacial score (nSPS) is 10.9. The van der Waals surface area contributed by atoms with Crippen molar-refractivity contribution in [3.05, 3.63) is 70.9 Å². The van der Waals surface area contributed by atoms with E-state index in [4.69, 9.17) is 9.72 Å². The van der Waals surface area contributed by atoms with Gasteiger partial charge in [-0.15, -0.1) is 11.3 Å². The summed E-state index contributed by atoms with van der Waals surface area (Å²) in [7, 11) is 5.50. The highest BCUT2D eigenvalue weighted by atomic mass is 32.1. The predicted molar refractivity (Wildman–Crippen MR) is 117 cm³/mol. The topological polar surface area (TPSA) is 59.4 Å². The molecule has 0 fully saturated rings. The molecule has 8 heteroatoms. The van der Waals surface area contributed by atoms with Crippen LogP contribution in [0.25, 0.3) is 16.0 Å². The van der Waals surface area contributed by atoms with Crippen LogP contribution >= 0.6 is 11.3 Å². The number of ether oxygens (including phenoxy) is 1. The van der Waals surface area contributed by atoms with Crippen LogP contribution in [0.1, 0.15) is 15.2 Å². The van der Waals surface area contributed by atoms with Crippen LogP contribution < -0.4 is 15.0 Å². The molecule has 0 aliphatic carbocycles. The summed E-state index contributed by atoms with van der Waals surface area (Å²) in [5.41, 5.74) is 2.52. The van der Waals surface area contributed by atoms with Gasteiger partial charge in [0.05, 0.1) is 17.7 Å². The van der Waals surface area contributed by atoms with Gasteiger partial charge in [-0.2, -0.15) is 0 Å². The van der Waals surface area contributed by atoms with Crippen molar-refractivity contribution < 1.29 is 13.9 Å². The molecule has 0 aliphatic heterocycles. The van der Waals surface area contributed by atoms with Gasteiger partial charge in [-0.1, -0.05) is 12.1 Å². The van der Waals surface area contributed by atoms with E-state index in [-0.39, 0.29) is 11.7 Å². The van der Waals surface area contributed by atoms with Crippen molar-refractivity contribution >= 4 is 33.5 Å². The standard InChI is InChI=1S/C22H21FN4O2S/c1-26(2)22-25-18-12-19(20(28)24-13-14-4-6-15(23)7-5-14)30-21(18)27(22)16-8-10-17(29-3)11-9-16/h4-12H,13H2,1-3H3,(H,24,28). The molecule has 1 amide bonds. The van der Waals surface area contributed by atoms with E-state index >= 15 is 0 Å². The molecular formula is C22H21FN4O2S. The molecule has 2 aromatic carbocycles. The molecule has 0 saturated carbocycles. The fourth-order valence-electron chi connectivity index (χ4n) is 3.11. The van der Waals surface area contributed by atoms with Gasteiger partial charge in [0.15, 0.2) is 0 Å². The van der Waals surface area contributed by atoms with Crippen LogP contribution in [-0.4, -0.2) is 36.7 Å². The lowest BCUT2D eigenvalue weighted by atomic mass is 10.2. The number of anilines is 1. The van der Waals surface area contributed by atoms with E-state index in [1.54, 1.807) is 25.3 Å². The number of thiophene rings is 1. The Labute approximate surface area is 177 Å². The highest BCUT2D eigenvalue weighted by Crippen LogP contribution is 2.33. The van der Waals surface area contributed by atoms with Gasteiger partial charge in [-0.05, 0) is 48.0 Å². The molecule has 2 heterocycles. The number of carbonyl (C=O) groups excluding carboxylic acids is 1. The highest BCUT2D eigenvalue weighted by Gasteiger charge is 2.20. The first-order valence-electron chi connectivity index (χ1n) is 9.33. The molecule has 4 rings (SSSR count). The predicted octanol–water partition coefficient (Wildman–Crippen LogP) is 4.23. The van der Waals surface area contributed by atoms with Crippen LogP contribution in [0, 0.1) is 5.82 Å². The number of halogens is 1. The lowest BCUT2D eigenvalue weighted by molar-refractivity contribution is 0.0955. The molecule has 0 bridgehead atoms. The number of benzene rings is 2. The quantitative estimate of drug-likeness (QED) is 0.503. The van der Waals surface area contributed by atoms with Crippen molar-refractivity contribution in [2.24, 2.45) is 0 Å². The number of nitrogens with one attached hydrogen (secondary N) is 1. The molecule has 0 radical (unpaired) electrons. The van der Waals surface area contributed by atoms with Crippen LogP contribution in [0.15, 0.2) is 54.6 Å². The van der Waals surface area contributed by atoms with Crippen molar-refractivity contribution in [2.75, 3.05) is 26.1 Å². The lowest BCUT2D eigenvalue weighted by Gasteiger charge is -2.15. The van der Waals surface area contributed by atoms with Crippen molar-refractivity contribution in [3.63, 3.8) is 0 Å². The summed E-state index contributed by atoms with van der Waals surface area (Å²) < 4.78 is 20.3. The zero-order chi connectivity index (χ0) is 21.3. The number of fused-ring (bicyclic) bond motifs is 1. The molecule has 0 spiro atoms. The maximum atomic E-state index is 13.0. The summed E-state index contributed by atoms with van der Waals surface area (Å²) in [5, 5.41) is 2.88. The highest BCUT2D eigenvalue weighted by molar-refractivity contribution is 7.20. The zero-order valence-electron chi connectivity index (χ0n) is 16.8. The number of hydrogen-bond donors (Lipinski definition) is 1. The van der Waals surface area contributed by atoms with Gasteiger partial charge < -0.3 is 15.0 Å². The Bertz CT molecular complexity index is 1180. The van der Waals surface area contributed by atoms with E-state index in [1.807, 2.05) is 47.8 Å². The Morgan fingerprint density at radius 2 is 1.87 bits per heavy atom. The Balaban J connectivity index is 1.64. The largest absolute Gasteiger partial charge is 0.497 e. The second-order valence-corrected chi connectivity index (χ2v) is 7.98. The van der Waals surface area contributed by atoms with Gasteiger partial charge in [-0.25, -0.2) is 9.37 Å². The molecule has 2 aromatic heterocycles. The van der Waals surface area contributed by atoms with Gasteiger partial charge in [-0.3, -0.25) is 9.36 Å². The second kappa shape index (κ2) is 8.16. The van der Waals surface area contributed by atoms with Gasteiger partial charge in [0.2, 0.25) is 5.95 Å². The van der Waals surface area contributed by atoms with E-state index < -0.39 is 0 Å². The van der Waals surface area contributed by atoms with E-state index in [2.05, 4.69) is 5.32 Å². The van der Waals surface area contributed by atoms with E-state index in [0.717, 1.165) is 33.3 Å². The smallest absolute Gasteiger partial charge is 0.261 e. The minimum Gasteiger partial charge on any atom is -0.497 e. The maximum absolute atomic E-state index is 13.0. The maximum Gasteiger partial charge on any atom is 0.261 e. The molecular weight excluding hydrogens is 403 g/mol. The molecule has 6 nitrogen and oxygen atoms in total. The van der Waals surface area contributed by atoms with E-state index in [9.17, 15) is 9.18 Å². The van der Waals surface area contributed by atoms with Crippen LogP contribution in [0.3, 0.4) is 0 Å². The Hall–Kier alpha value is -3.39. The van der Waals surface area contributed by atoms with Gasteiger partial charge >= 0.3 is 0 Å². The molecule has 154 valence electrons. The first-order valence-corrected chi connectivity index (χ1v) is 10.1. The third-order valence-corrected chi connectivity index (χ3v) is 5.75. The van der Waals surface area contributed by atoms with Crippen LogP contribution in [0.4, 0.5) is 10.3 Å². The molecule has 0 unspecified atom stereocenters. The average molecular weight is 425 g/mol. The molecule has 4 aromatic rings. The molecule has 0 aliphatic rings. The molecule has 30 heavy (non-hydrogen) atoms. The lowest BCUT2D eigenvalue weighted by Crippen LogP contribution is -2.21. The van der Waals surface area contributed by atoms with Gasteiger partial charge in [0.25, 0.3) is 5.91 Å². The third-order valence-electron chi connectivity index (χ3n) is 4.64. The summed E-state index contributed by atoms with van der Waals surface area (Å²) in [5.74, 6) is 1.07. The molecule has 0 atom stereocenters. The van der Waals surface area contributed by atoms with Crippen molar-refractivity contribution in [1.29, 1.82) is 0 Å². The summed E-state index contributed by atoms with van der Waals surface area (Å²) in [6, 6.07) is 15.6. The Morgan fingerprint density at radius 3 is 2.50 bits per heavy atom. The number of nitrogens with zero attached hydrogens (tertiary/aromatic N) is 3.